The maximum Gasteiger partial charge on any atom is 0.337 e. The lowest BCUT2D eigenvalue weighted by Crippen LogP contribution is -2.52. The van der Waals surface area contributed by atoms with E-state index in [1.807, 2.05) is 4.90 Å². The monoisotopic (exact) mass is 295 g/mol. The van der Waals surface area contributed by atoms with Gasteiger partial charge < -0.3 is 15.5 Å². The standard InChI is InChI=1S/C14H25N5O2/c1-2-8-16-17-14(21)19-11-9-18(10-12-19)13(20)6-4-3-5-7-15/h2,8H,1,3-7,9-12,15H2,(H,17,21)/b16-8+. The van der Waals surface area contributed by atoms with Crippen LogP contribution < -0.4 is 11.2 Å². The molecule has 1 rings (SSSR count). The van der Waals surface area contributed by atoms with E-state index in [1.54, 1.807) is 4.90 Å². The van der Waals surface area contributed by atoms with E-state index < -0.39 is 0 Å². The SMILES string of the molecule is C=C/C=N/NC(=O)N1CCN(C(=O)CCCCCN)CC1. The van der Waals surface area contributed by atoms with E-state index >= 15 is 0 Å². The number of allylic oxidation sites excluding steroid dienone is 1. The van der Waals surface area contributed by atoms with Crippen molar-refractivity contribution in [2.75, 3.05) is 32.7 Å². The van der Waals surface area contributed by atoms with Gasteiger partial charge in [-0.25, -0.2) is 10.2 Å². The number of carbonyl (C=O) groups is 2. The summed E-state index contributed by atoms with van der Waals surface area (Å²) in [5.74, 6) is 0.164. The van der Waals surface area contributed by atoms with Crippen LogP contribution in [-0.4, -0.2) is 60.7 Å². The average molecular weight is 295 g/mol. The molecule has 1 fully saturated rings. The first-order valence-electron chi connectivity index (χ1n) is 7.36. The van der Waals surface area contributed by atoms with Gasteiger partial charge in [0.1, 0.15) is 0 Å². The third-order valence-corrected chi connectivity index (χ3v) is 3.35. The van der Waals surface area contributed by atoms with E-state index in [-0.39, 0.29) is 11.9 Å². The number of urea groups is 1. The van der Waals surface area contributed by atoms with Gasteiger partial charge in [-0.1, -0.05) is 13.0 Å². The highest BCUT2D eigenvalue weighted by Gasteiger charge is 2.23. The van der Waals surface area contributed by atoms with Gasteiger partial charge in [0.25, 0.3) is 0 Å². The molecule has 7 heteroatoms. The number of carbonyl (C=O) groups excluding carboxylic acids is 2. The van der Waals surface area contributed by atoms with Crippen molar-refractivity contribution in [1.82, 2.24) is 15.2 Å². The first kappa shape index (κ1) is 17.2. The summed E-state index contributed by atoms with van der Waals surface area (Å²) in [5, 5.41) is 3.70. The Kier molecular flexibility index (Phi) is 8.11. The van der Waals surface area contributed by atoms with Crippen LogP contribution in [0.4, 0.5) is 4.79 Å². The Balaban J connectivity index is 2.24. The Morgan fingerprint density at radius 2 is 1.81 bits per heavy atom. The minimum Gasteiger partial charge on any atom is -0.339 e. The van der Waals surface area contributed by atoms with E-state index in [2.05, 4.69) is 17.1 Å². The third-order valence-electron chi connectivity index (χ3n) is 3.35. The fourth-order valence-electron chi connectivity index (χ4n) is 2.13. The predicted octanol–water partition coefficient (Wildman–Crippen LogP) is 0.531. The van der Waals surface area contributed by atoms with Gasteiger partial charge in [0.05, 0.1) is 0 Å². The molecule has 7 nitrogen and oxygen atoms in total. The Labute approximate surface area is 125 Å². The number of rotatable bonds is 7. The van der Waals surface area contributed by atoms with Crippen LogP contribution in [0.5, 0.6) is 0 Å². The Hall–Kier alpha value is -1.89. The second kappa shape index (κ2) is 9.93. The molecule has 1 aliphatic heterocycles. The quantitative estimate of drug-likeness (QED) is 0.408. The second-order valence-corrected chi connectivity index (χ2v) is 4.90. The zero-order valence-corrected chi connectivity index (χ0v) is 12.5. The van der Waals surface area contributed by atoms with Crippen molar-refractivity contribution in [2.45, 2.75) is 25.7 Å². The normalized spacial score (nSPS) is 15.3. The molecule has 118 valence electrons. The van der Waals surface area contributed by atoms with Crippen molar-refractivity contribution in [3.8, 4) is 0 Å². The van der Waals surface area contributed by atoms with Crippen LogP contribution in [0.2, 0.25) is 0 Å². The summed E-state index contributed by atoms with van der Waals surface area (Å²) in [7, 11) is 0. The minimum absolute atomic E-state index is 0.164. The zero-order valence-electron chi connectivity index (χ0n) is 12.5. The summed E-state index contributed by atoms with van der Waals surface area (Å²) in [6, 6.07) is -0.247. The molecule has 0 unspecified atom stereocenters. The number of hydrogen-bond donors (Lipinski definition) is 2. The van der Waals surface area contributed by atoms with Crippen molar-refractivity contribution in [3.05, 3.63) is 12.7 Å². The van der Waals surface area contributed by atoms with Gasteiger partial charge in [0.15, 0.2) is 0 Å². The Bertz CT molecular complexity index is 376. The second-order valence-electron chi connectivity index (χ2n) is 4.90. The molecule has 0 aromatic carbocycles. The number of hydrazone groups is 1. The molecule has 1 heterocycles. The summed E-state index contributed by atoms with van der Waals surface area (Å²) in [6.07, 6.45) is 6.31. The van der Waals surface area contributed by atoms with Crippen molar-refractivity contribution >= 4 is 18.2 Å². The lowest BCUT2D eigenvalue weighted by molar-refractivity contribution is -0.132. The van der Waals surface area contributed by atoms with E-state index in [4.69, 9.17) is 5.73 Å². The van der Waals surface area contributed by atoms with Crippen LogP contribution in [0.3, 0.4) is 0 Å². The molecular weight excluding hydrogens is 270 g/mol. The lowest BCUT2D eigenvalue weighted by Gasteiger charge is -2.34. The highest BCUT2D eigenvalue weighted by Crippen LogP contribution is 2.07. The van der Waals surface area contributed by atoms with Gasteiger partial charge in [-0.15, -0.1) is 0 Å². The largest absolute Gasteiger partial charge is 0.339 e. The first-order chi connectivity index (χ1) is 10.2. The summed E-state index contributed by atoms with van der Waals surface area (Å²) in [5.41, 5.74) is 7.84. The molecular formula is C14H25N5O2. The number of nitrogens with two attached hydrogens (primary N) is 1. The summed E-state index contributed by atoms with van der Waals surface area (Å²) < 4.78 is 0. The molecule has 0 atom stereocenters. The number of nitrogens with zero attached hydrogens (tertiary/aromatic N) is 3. The molecule has 1 aliphatic rings. The summed E-state index contributed by atoms with van der Waals surface area (Å²) >= 11 is 0. The molecule has 0 aromatic rings. The molecule has 0 bridgehead atoms. The topological polar surface area (TPSA) is 91.0 Å². The van der Waals surface area contributed by atoms with Crippen LogP contribution in [0.15, 0.2) is 17.8 Å². The average Bonchev–Trinajstić information content (AvgIpc) is 2.51. The molecule has 1 saturated heterocycles. The maximum absolute atomic E-state index is 12.0. The minimum atomic E-state index is -0.247. The molecule has 21 heavy (non-hydrogen) atoms. The van der Waals surface area contributed by atoms with Crippen molar-refractivity contribution in [1.29, 1.82) is 0 Å². The fourth-order valence-corrected chi connectivity index (χ4v) is 2.13. The maximum atomic E-state index is 12.0. The first-order valence-corrected chi connectivity index (χ1v) is 7.36. The molecule has 3 amide bonds. The van der Waals surface area contributed by atoms with Gasteiger partial charge in [-0.2, -0.15) is 5.10 Å². The fraction of sp³-hybridized carbons (Fsp3) is 0.643. The molecule has 0 radical (unpaired) electrons. The number of nitrogens with one attached hydrogen (secondary N) is 1. The highest BCUT2D eigenvalue weighted by molar-refractivity contribution is 5.78. The Morgan fingerprint density at radius 3 is 2.43 bits per heavy atom. The van der Waals surface area contributed by atoms with Crippen molar-refractivity contribution in [2.24, 2.45) is 10.8 Å². The van der Waals surface area contributed by atoms with E-state index in [9.17, 15) is 9.59 Å². The number of piperazine rings is 1. The number of unbranched alkanes of at least 4 members (excludes halogenated alkanes) is 2. The number of hydrogen-bond acceptors (Lipinski definition) is 4. The van der Waals surface area contributed by atoms with Crippen molar-refractivity contribution < 1.29 is 9.59 Å². The summed E-state index contributed by atoms with van der Waals surface area (Å²) in [6.45, 7) is 6.37. The zero-order chi connectivity index (χ0) is 15.5. The Morgan fingerprint density at radius 1 is 1.14 bits per heavy atom. The molecule has 0 saturated carbocycles. The molecule has 0 aliphatic carbocycles. The van der Waals surface area contributed by atoms with Gasteiger partial charge in [-0.05, 0) is 25.5 Å². The van der Waals surface area contributed by atoms with Crippen LogP contribution in [0.25, 0.3) is 0 Å². The van der Waals surface area contributed by atoms with Gasteiger partial charge >= 0.3 is 6.03 Å². The molecule has 0 aromatic heterocycles. The van der Waals surface area contributed by atoms with Gasteiger partial charge in [0, 0.05) is 38.8 Å². The van der Waals surface area contributed by atoms with E-state index in [0.717, 1.165) is 19.3 Å². The highest BCUT2D eigenvalue weighted by atomic mass is 16.2. The lowest BCUT2D eigenvalue weighted by atomic mass is 10.1. The smallest absolute Gasteiger partial charge is 0.337 e. The van der Waals surface area contributed by atoms with Gasteiger partial charge in [0.2, 0.25) is 5.91 Å². The van der Waals surface area contributed by atoms with Crippen molar-refractivity contribution in [3.63, 3.8) is 0 Å². The predicted molar refractivity (Wildman–Crippen MR) is 82.9 cm³/mol. The van der Waals surface area contributed by atoms with Gasteiger partial charge in [-0.3, -0.25) is 4.79 Å². The third kappa shape index (κ3) is 6.40. The molecule has 3 N–H and O–H groups in total. The summed E-state index contributed by atoms with van der Waals surface area (Å²) in [4.78, 5) is 27.2. The van der Waals surface area contributed by atoms with Crippen LogP contribution in [-0.2, 0) is 4.79 Å². The van der Waals surface area contributed by atoms with Crippen LogP contribution >= 0.6 is 0 Å². The number of amides is 3. The van der Waals surface area contributed by atoms with E-state index in [0.29, 0.717) is 39.1 Å². The molecule has 0 spiro atoms. The van der Waals surface area contributed by atoms with Crippen LogP contribution in [0.1, 0.15) is 25.7 Å². The van der Waals surface area contributed by atoms with Crippen LogP contribution in [0, 0.1) is 0 Å². The van der Waals surface area contributed by atoms with E-state index in [1.165, 1.54) is 12.3 Å².